The van der Waals surface area contributed by atoms with Crippen molar-refractivity contribution in [3.05, 3.63) is 56.7 Å². The number of pyridine rings is 1. The Morgan fingerprint density at radius 3 is 2.70 bits per heavy atom. The second kappa shape index (κ2) is 7.14. The maximum Gasteiger partial charge on any atom is 0.232 e. The first-order valence-corrected chi connectivity index (χ1v) is 7.52. The molecule has 0 aliphatic heterocycles. The second-order valence-corrected chi connectivity index (χ2v) is 5.93. The van der Waals surface area contributed by atoms with Crippen molar-refractivity contribution in [2.24, 2.45) is 0 Å². The van der Waals surface area contributed by atoms with E-state index in [0.29, 0.717) is 10.8 Å². The summed E-state index contributed by atoms with van der Waals surface area (Å²) in [7, 11) is 1.39. The molecule has 0 saturated carbocycles. The minimum atomic E-state index is -0.811. The van der Waals surface area contributed by atoms with Crippen LogP contribution in [0.3, 0.4) is 0 Å². The Morgan fingerprint density at radius 1 is 1.39 bits per heavy atom. The summed E-state index contributed by atoms with van der Waals surface area (Å²) < 4.78 is 27.7. The third-order valence-electron chi connectivity index (χ3n) is 3.15. The fourth-order valence-electron chi connectivity index (χ4n) is 1.93. The normalized spacial score (nSPS) is 10.5. The number of aromatic nitrogens is 1. The molecule has 23 heavy (non-hydrogen) atoms. The lowest BCUT2D eigenvalue weighted by Crippen LogP contribution is -2.30. The summed E-state index contributed by atoms with van der Waals surface area (Å²) in [5, 5.41) is -0.439. The molecule has 4 nitrogen and oxygen atoms in total. The highest BCUT2D eigenvalue weighted by atomic mass is 79.9. The number of carbonyl (C=O) groups excluding carboxylic acids is 2. The van der Waals surface area contributed by atoms with Gasteiger partial charge in [-0.25, -0.2) is 13.8 Å². The maximum absolute atomic E-state index is 13.8. The molecule has 8 heteroatoms. The van der Waals surface area contributed by atoms with Crippen molar-refractivity contribution in [1.82, 2.24) is 4.98 Å². The maximum atomic E-state index is 13.8. The van der Waals surface area contributed by atoms with Crippen LogP contribution in [0.15, 0.2) is 28.9 Å². The zero-order valence-corrected chi connectivity index (χ0v) is 14.2. The Hall–Kier alpha value is -1.86. The topological polar surface area (TPSA) is 50.3 Å². The fraction of sp³-hybridized carbons (Fsp3) is 0.133. The van der Waals surface area contributed by atoms with Crippen LogP contribution in [0.1, 0.15) is 15.9 Å². The van der Waals surface area contributed by atoms with E-state index in [0.717, 1.165) is 17.0 Å². The summed E-state index contributed by atoms with van der Waals surface area (Å²) >= 11 is 8.88. The number of hydrogen-bond acceptors (Lipinski definition) is 3. The highest BCUT2D eigenvalue weighted by molar-refractivity contribution is 9.10. The van der Waals surface area contributed by atoms with Gasteiger partial charge in [-0.05, 0) is 34.1 Å². The molecule has 1 aromatic carbocycles. The average Bonchev–Trinajstić information content (AvgIpc) is 2.54. The van der Waals surface area contributed by atoms with E-state index < -0.39 is 29.0 Å². The van der Waals surface area contributed by atoms with Gasteiger partial charge in [0, 0.05) is 23.3 Å². The van der Waals surface area contributed by atoms with Gasteiger partial charge in [-0.3, -0.25) is 14.5 Å². The van der Waals surface area contributed by atoms with E-state index in [2.05, 4.69) is 20.9 Å². The molecular weight excluding hydrogens is 394 g/mol. The van der Waals surface area contributed by atoms with Gasteiger partial charge in [-0.2, -0.15) is 0 Å². The first kappa shape index (κ1) is 17.5. The van der Waals surface area contributed by atoms with Crippen LogP contribution < -0.4 is 4.90 Å². The second-order valence-electron chi connectivity index (χ2n) is 4.64. The Morgan fingerprint density at radius 2 is 2.04 bits per heavy atom. The fourth-order valence-corrected chi connectivity index (χ4v) is 2.50. The number of carbonyl (C=O) groups is 2. The van der Waals surface area contributed by atoms with Crippen molar-refractivity contribution in [1.29, 1.82) is 0 Å². The van der Waals surface area contributed by atoms with E-state index in [9.17, 15) is 18.4 Å². The van der Waals surface area contributed by atoms with Gasteiger partial charge in [0.15, 0.2) is 6.29 Å². The lowest BCUT2D eigenvalue weighted by molar-refractivity contribution is -0.117. The highest BCUT2D eigenvalue weighted by Crippen LogP contribution is 2.25. The van der Waals surface area contributed by atoms with Crippen LogP contribution in [0.25, 0.3) is 0 Å². The van der Waals surface area contributed by atoms with Crippen molar-refractivity contribution in [2.45, 2.75) is 6.42 Å². The van der Waals surface area contributed by atoms with Gasteiger partial charge in [0.25, 0.3) is 0 Å². The largest absolute Gasteiger partial charge is 0.299 e. The van der Waals surface area contributed by atoms with Gasteiger partial charge in [-0.1, -0.05) is 11.6 Å². The zero-order chi connectivity index (χ0) is 17.1. The van der Waals surface area contributed by atoms with Gasteiger partial charge < -0.3 is 0 Å². The van der Waals surface area contributed by atoms with Crippen LogP contribution in [0.4, 0.5) is 14.6 Å². The summed E-state index contributed by atoms with van der Waals surface area (Å²) in [5.74, 6) is -2.07. The summed E-state index contributed by atoms with van der Waals surface area (Å²) in [5.41, 5.74) is -0.0608. The molecule has 0 unspecified atom stereocenters. The van der Waals surface area contributed by atoms with E-state index in [-0.39, 0.29) is 16.9 Å². The van der Waals surface area contributed by atoms with Crippen LogP contribution in [-0.2, 0) is 11.2 Å². The molecule has 0 fully saturated rings. The highest BCUT2D eigenvalue weighted by Gasteiger charge is 2.21. The van der Waals surface area contributed by atoms with E-state index in [4.69, 9.17) is 11.6 Å². The third-order valence-corrected chi connectivity index (χ3v) is 3.99. The first-order chi connectivity index (χ1) is 10.8. The van der Waals surface area contributed by atoms with Crippen molar-refractivity contribution in [2.75, 3.05) is 11.9 Å². The summed E-state index contributed by atoms with van der Waals surface area (Å²) in [6.45, 7) is 0. The molecule has 0 bridgehead atoms. The molecular formula is C15H10BrClF2N2O2. The number of rotatable bonds is 4. The lowest BCUT2D eigenvalue weighted by atomic mass is 10.1. The Kier molecular flexibility index (Phi) is 5.43. The predicted molar refractivity (Wildman–Crippen MR) is 85.8 cm³/mol. The number of likely N-dealkylation sites (N-methyl/N-ethyl adjacent to an activating group) is 1. The van der Waals surface area contributed by atoms with E-state index in [1.54, 1.807) is 0 Å². The molecule has 1 heterocycles. The van der Waals surface area contributed by atoms with Crippen LogP contribution in [0.5, 0.6) is 0 Å². The molecule has 0 aliphatic rings. The number of halogens is 4. The van der Waals surface area contributed by atoms with Crippen molar-refractivity contribution in [3.63, 3.8) is 0 Å². The lowest BCUT2D eigenvalue weighted by Gasteiger charge is -2.18. The summed E-state index contributed by atoms with van der Waals surface area (Å²) in [6, 6.07) is 3.28. The number of benzene rings is 1. The van der Waals surface area contributed by atoms with E-state index >= 15 is 0 Å². The van der Waals surface area contributed by atoms with Gasteiger partial charge in [0.05, 0.1) is 17.0 Å². The SMILES string of the molecule is CN(C(=O)Cc1c(F)ccc(F)c1Cl)c1ncc(Br)cc1C=O. The van der Waals surface area contributed by atoms with Gasteiger partial charge in [-0.15, -0.1) is 0 Å². The molecule has 0 radical (unpaired) electrons. The Bertz CT molecular complexity index is 786. The molecule has 120 valence electrons. The van der Waals surface area contributed by atoms with Gasteiger partial charge >= 0.3 is 0 Å². The number of anilines is 1. The zero-order valence-electron chi connectivity index (χ0n) is 11.8. The predicted octanol–water partition coefficient (Wildman–Crippen LogP) is 3.79. The van der Waals surface area contributed by atoms with Crippen LogP contribution in [0.2, 0.25) is 5.02 Å². The smallest absolute Gasteiger partial charge is 0.232 e. The average molecular weight is 404 g/mol. The van der Waals surface area contributed by atoms with Crippen LogP contribution >= 0.6 is 27.5 Å². The number of hydrogen-bond donors (Lipinski definition) is 0. The molecule has 0 spiro atoms. The number of aldehydes is 1. The summed E-state index contributed by atoms with van der Waals surface area (Å²) in [6.07, 6.45) is 1.50. The van der Waals surface area contributed by atoms with Crippen molar-refractivity contribution < 1.29 is 18.4 Å². The molecule has 1 aromatic heterocycles. The van der Waals surface area contributed by atoms with Gasteiger partial charge in [0.2, 0.25) is 5.91 Å². The van der Waals surface area contributed by atoms with Gasteiger partial charge in [0.1, 0.15) is 17.5 Å². The number of amides is 1. The third kappa shape index (κ3) is 3.73. The van der Waals surface area contributed by atoms with E-state index in [1.807, 2.05) is 0 Å². The van der Waals surface area contributed by atoms with Crippen molar-refractivity contribution >= 4 is 45.5 Å². The molecule has 2 rings (SSSR count). The standard InChI is InChI=1S/C15H10BrClF2N2O2/c1-21(15-8(7-22)4-9(16)6-20-15)13(23)5-10-11(18)2-3-12(19)14(10)17/h2-4,6-7H,5H2,1H3. The minimum Gasteiger partial charge on any atom is -0.299 e. The molecule has 2 aromatic rings. The number of nitrogens with zero attached hydrogens (tertiary/aromatic N) is 2. The molecule has 0 N–H and O–H groups in total. The van der Waals surface area contributed by atoms with Crippen LogP contribution in [0, 0.1) is 11.6 Å². The first-order valence-electron chi connectivity index (χ1n) is 6.34. The summed E-state index contributed by atoms with van der Waals surface area (Å²) in [4.78, 5) is 28.5. The Labute approximate surface area is 144 Å². The molecule has 0 atom stereocenters. The molecule has 0 aliphatic carbocycles. The van der Waals surface area contributed by atoms with Crippen LogP contribution in [-0.4, -0.2) is 24.2 Å². The quantitative estimate of drug-likeness (QED) is 0.576. The molecule has 1 amide bonds. The Balaban J connectivity index is 2.32. The van der Waals surface area contributed by atoms with E-state index in [1.165, 1.54) is 19.3 Å². The molecule has 0 saturated heterocycles. The van der Waals surface area contributed by atoms with Crippen molar-refractivity contribution in [3.8, 4) is 0 Å². The minimum absolute atomic E-state index is 0.112. The monoisotopic (exact) mass is 402 g/mol.